The number of ether oxygens (including phenoxy) is 1. The van der Waals surface area contributed by atoms with Crippen LogP contribution in [0, 0.1) is 0 Å². The molecule has 0 N–H and O–H groups in total. The molecule has 0 spiro atoms. The van der Waals surface area contributed by atoms with Crippen molar-refractivity contribution in [1.82, 2.24) is 8.87 Å². The molecule has 10 heteroatoms. The van der Waals surface area contributed by atoms with E-state index in [0.717, 1.165) is 15.8 Å². The average Bonchev–Trinajstić information content (AvgIpc) is 3.14. The van der Waals surface area contributed by atoms with Crippen molar-refractivity contribution in [3.05, 3.63) is 58.4 Å². The average molecular weight is 518 g/mol. The van der Waals surface area contributed by atoms with Crippen LogP contribution in [-0.4, -0.2) is 48.9 Å². The Bertz CT molecular complexity index is 1400. The number of esters is 1. The molecule has 3 aromatic rings. The quantitative estimate of drug-likeness (QED) is 0.418. The zero-order valence-electron chi connectivity index (χ0n) is 20.8. The van der Waals surface area contributed by atoms with Gasteiger partial charge in [-0.15, -0.1) is 0 Å². The number of thiazole rings is 1. The van der Waals surface area contributed by atoms with Crippen LogP contribution in [0.4, 0.5) is 0 Å². The largest absolute Gasteiger partial charge is 0.465 e. The summed E-state index contributed by atoms with van der Waals surface area (Å²) in [7, 11) is -2.14. The van der Waals surface area contributed by atoms with E-state index in [9.17, 15) is 18.0 Å². The number of benzene rings is 2. The maximum Gasteiger partial charge on any atom is 0.326 e. The number of rotatable bonds is 8. The van der Waals surface area contributed by atoms with Crippen molar-refractivity contribution in [1.29, 1.82) is 0 Å². The summed E-state index contributed by atoms with van der Waals surface area (Å²) in [6.07, 6.45) is 0. The second kappa shape index (κ2) is 10.8. The zero-order valence-corrected chi connectivity index (χ0v) is 22.4. The summed E-state index contributed by atoms with van der Waals surface area (Å²) in [5, 5.41) is 0. The molecule has 0 unspecified atom stereocenters. The first-order chi connectivity index (χ1) is 16.4. The molecule has 8 nitrogen and oxygen atoms in total. The van der Waals surface area contributed by atoms with Gasteiger partial charge in [0.2, 0.25) is 10.0 Å². The van der Waals surface area contributed by atoms with E-state index in [1.807, 2.05) is 18.2 Å². The molecule has 0 atom stereocenters. The van der Waals surface area contributed by atoms with Gasteiger partial charge in [0.25, 0.3) is 5.91 Å². The Morgan fingerprint density at radius 1 is 1.09 bits per heavy atom. The predicted molar refractivity (Wildman–Crippen MR) is 137 cm³/mol. The topological polar surface area (TPSA) is 98.0 Å². The molecule has 1 amide bonds. The second-order valence-electron chi connectivity index (χ2n) is 8.71. The molecule has 0 saturated heterocycles. The number of fused-ring (bicyclic) bond motifs is 1. The van der Waals surface area contributed by atoms with E-state index in [1.54, 1.807) is 25.3 Å². The monoisotopic (exact) mass is 517 g/mol. The molecule has 0 aliphatic carbocycles. The molecule has 2 aromatic carbocycles. The smallest absolute Gasteiger partial charge is 0.326 e. The Morgan fingerprint density at radius 3 is 2.31 bits per heavy atom. The number of aromatic nitrogens is 1. The van der Waals surface area contributed by atoms with Crippen LogP contribution in [0.2, 0.25) is 0 Å². The van der Waals surface area contributed by atoms with Crippen molar-refractivity contribution in [2.75, 3.05) is 13.7 Å². The molecule has 0 bridgehead atoms. The van der Waals surface area contributed by atoms with Gasteiger partial charge in [-0.2, -0.15) is 9.30 Å². The van der Waals surface area contributed by atoms with Gasteiger partial charge in [-0.3, -0.25) is 9.59 Å². The van der Waals surface area contributed by atoms with E-state index < -0.39 is 21.9 Å². The number of sulfonamides is 1. The van der Waals surface area contributed by atoms with Gasteiger partial charge in [0.05, 0.1) is 21.7 Å². The fourth-order valence-corrected chi connectivity index (χ4v) is 5.83. The van der Waals surface area contributed by atoms with Crippen molar-refractivity contribution in [2.45, 2.75) is 58.0 Å². The fraction of sp³-hybridized carbons (Fsp3) is 0.400. The van der Waals surface area contributed by atoms with Crippen LogP contribution >= 0.6 is 11.3 Å². The number of nitrogens with zero attached hydrogens (tertiary/aromatic N) is 3. The first kappa shape index (κ1) is 26.8. The highest BCUT2D eigenvalue weighted by molar-refractivity contribution is 7.89. The first-order valence-electron chi connectivity index (χ1n) is 11.4. The maximum atomic E-state index is 13.0. The lowest BCUT2D eigenvalue weighted by Gasteiger charge is -2.20. The number of carbonyl (C=O) groups excluding carboxylic acids is 2. The molecule has 188 valence electrons. The van der Waals surface area contributed by atoms with E-state index in [2.05, 4.69) is 18.8 Å². The number of hydrogen-bond acceptors (Lipinski definition) is 6. The minimum atomic E-state index is -3.66. The molecule has 0 aliphatic heterocycles. The van der Waals surface area contributed by atoms with Crippen molar-refractivity contribution < 1.29 is 22.7 Å². The highest BCUT2D eigenvalue weighted by Crippen LogP contribution is 2.24. The molecule has 1 aromatic heterocycles. The molecule has 0 aliphatic rings. The van der Waals surface area contributed by atoms with Crippen LogP contribution in [0.1, 0.15) is 56.5 Å². The Labute approximate surface area is 209 Å². The van der Waals surface area contributed by atoms with Crippen molar-refractivity contribution in [3.8, 4) is 0 Å². The van der Waals surface area contributed by atoms with Crippen LogP contribution in [0.5, 0.6) is 0 Å². The number of hydrogen-bond donors (Lipinski definition) is 0. The molecular formula is C25H31N3O5S2. The van der Waals surface area contributed by atoms with Gasteiger partial charge in [-0.25, -0.2) is 8.42 Å². The van der Waals surface area contributed by atoms with Gasteiger partial charge < -0.3 is 9.30 Å². The van der Waals surface area contributed by atoms with E-state index in [1.165, 1.54) is 47.0 Å². The maximum absolute atomic E-state index is 13.0. The Morgan fingerprint density at radius 2 is 1.74 bits per heavy atom. The molecule has 1 heterocycles. The summed E-state index contributed by atoms with van der Waals surface area (Å²) in [4.78, 5) is 30.0. The summed E-state index contributed by atoms with van der Waals surface area (Å²) >= 11 is 1.32. The van der Waals surface area contributed by atoms with Gasteiger partial charge in [-0.05, 0) is 68.7 Å². The fourth-order valence-electron chi connectivity index (χ4n) is 3.39. The van der Waals surface area contributed by atoms with E-state index in [0.29, 0.717) is 10.7 Å². The van der Waals surface area contributed by atoms with Gasteiger partial charge in [-0.1, -0.05) is 31.3 Å². The van der Waals surface area contributed by atoms with Crippen molar-refractivity contribution in [3.63, 3.8) is 0 Å². The minimum absolute atomic E-state index is 0.0697. The van der Waals surface area contributed by atoms with Gasteiger partial charge >= 0.3 is 5.97 Å². The van der Waals surface area contributed by atoms with Gasteiger partial charge in [0, 0.05) is 18.7 Å². The lowest BCUT2D eigenvalue weighted by molar-refractivity contribution is -0.143. The molecule has 35 heavy (non-hydrogen) atoms. The number of carbonyl (C=O) groups is 2. The zero-order chi connectivity index (χ0) is 25.9. The summed E-state index contributed by atoms with van der Waals surface area (Å²) < 4.78 is 34.4. The normalized spacial score (nSPS) is 12.8. The summed E-state index contributed by atoms with van der Waals surface area (Å²) in [5.41, 5.74) is 2.18. The third-order valence-electron chi connectivity index (χ3n) is 5.67. The molecular weight excluding hydrogens is 486 g/mol. The van der Waals surface area contributed by atoms with E-state index in [4.69, 9.17) is 4.74 Å². The highest BCUT2D eigenvalue weighted by atomic mass is 32.2. The van der Waals surface area contributed by atoms with E-state index >= 15 is 0 Å². The molecule has 3 rings (SSSR count). The Kier molecular flexibility index (Phi) is 8.30. The number of amides is 1. The van der Waals surface area contributed by atoms with Crippen molar-refractivity contribution >= 4 is 43.5 Å². The van der Waals surface area contributed by atoms with Gasteiger partial charge in [0.15, 0.2) is 4.80 Å². The summed E-state index contributed by atoms with van der Waals surface area (Å²) in [6, 6.07) is 11.5. The third-order valence-corrected chi connectivity index (χ3v) is 8.76. The van der Waals surface area contributed by atoms with E-state index in [-0.39, 0.29) is 29.7 Å². The summed E-state index contributed by atoms with van der Waals surface area (Å²) in [6.45, 7) is 9.69. The second-order valence-corrected chi connectivity index (χ2v) is 11.7. The van der Waals surface area contributed by atoms with Crippen LogP contribution in [0.3, 0.4) is 0 Å². The lowest BCUT2D eigenvalue weighted by Crippen LogP contribution is -2.33. The van der Waals surface area contributed by atoms with Gasteiger partial charge in [0.1, 0.15) is 6.54 Å². The first-order valence-corrected chi connectivity index (χ1v) is 13.7. The Balaban J connectivity index is 2.03. The standard InChI is InChI=1S/C25H31N3O5S2/c1-7-33-23(29)15-28-21-13-10-19(16(2)3)14-22(21)34-25(28)26-24(30)18-8-11-20(12-9-18)35(31,32)27(6)17(4)5/h8-14,16-17H,7,15H2,1-6H3. The predicted octanol–water partition coefficient (Wildman–Crippen LogP) is 4.16. The highest BCUT2D eigenvalue weighted by Gasteiger charge is 2.23. The summed E-state index contributed by atoms with van der Waals surface area (Å²) in [5.74, 6) is -0.621. The third kappa shape index (κ3) is 5.88. The molecule has 0 saturated carbocycles. The molecule has 0 fully saturated rings. The SMILES string of the molecule is CCOC(=O)Cn1c(=NC(=O)c2ccc(S(=O)(=O)N(C)C(C)C)cc2)sc2cc(C(C)C)ccc21. The van der Waals surface area contributed by atoms with Crippen LogP contribution < -0.4 is 4.80 Å². The lowest BCUT2D eigenvalue weighted by atomic mass is 10.0. The van der Waals surface area contributed by atoms with Crippen LogP contribution in [0.15, 0.2) is 52.4 Å². The van der Waals surface area contributed by atoms with Crippen LogP contribution in [-0.2, 0) is 26.1 Å². The minimum Gasteiger partial charge on any atom is -0.465 e. The molecule has 0 radical (unpaired) electrons. The Hall–Kier alpha value is -2.82. The van der Waals surface area contributed by atoms with Crippen LogP contribution in [0.25, 0.3) is 10.2 Å². The van der Waals surface area contributed by atoms with Crippen molar-refractivity contribution in [2.24, 2.45) is 4.99 Å².